The van der Waals surface area contributed by atoms with Crippen molar-refractivity contribution in [2.75, 3.05) is 24.7 Å². The SMILES string of the molecule is CCNC(=O)c1ccc([N+](=O)[O-])c(NCC(C)S(C)=O)c1. The van der Waals surface area contributed by atoms with Crippen LogP contribution in [0.2, 0.25) is 0 Å². The molecule has 1 rings (SSSR count). The summed E-state index contributed by atoms with van der Waals surface area (Å²) in [7, 11) is -1.03. The predicted octanol–water partition coefficient (Wildman–Crippen LogP) is 1.52. The number of carbonyl (C=O) groups excluding carboxylic acids is 1. The Hall–Kier alpha value is -1.96. The largest absolute Gasteiger partial charge is 0.378 e. The van der Waals surface area contributed by atoms with Gasteiger partial charge in [0.25, 0.3) is 11.6 Å². The zero-order valence-corrected chi connectivity index (χ0v) is 13.0. The molecule has 0 bridgehead atoms. The van der Waals surface area contributed by atoms with Gasteiger partial charge in [-0.15, -0.1) is 0 Å². The third-order valence-electron chi connectivity index (χ3n) is 2.94. The number of carbonyl (C=O) groups is 1. The Morgan fingerprint density at radius 1 is 1.48 bits per heavy atom. The first-order chi connectivity index (χ1) is 9.86. The van der Waals surface area contributed by atoms with Crippen molar-refractivity contribution in [1.82, 2.24) is 5.32 Å². The van der Waals surface area contributed by atoms with Crippen LogP contribution in [0.4, 0.5) is 11.4 Å². The van der Waals surface area contributed by atoms with Crippen LogP contribution in [0.3, 0.4) is 0 Å². The number of rotatable bonds is 7. The van der Waals surface area contributed by atoms with E-state index in [4.69, 9.17) is 0 Å². The summed E-state index contributed by atoms with van der Waals surface area (Å²) >= 11 is 0. The molecule has 1 aromatic carbocycles. The summed E-state index contributed by atoms with van der Waals surface area (Å²) in [5.41, 5.74) is 0.480. The molecule has 0 saturated carbocycles. The number of anilines is 1. The van der Waals surface area contributed by atoms with E-state index in [1.54, 1.807) is 20.1 Å². The summed E-state index contributed by atoms with van der Waals surface area (Å²) in [4.78, 5) is 22.3. The predicted molar refractivity (Wildman–Crippen MR) is 83.1 cm³/mol. The first-order valence-corrected chi connectivity index (χ1v) is 8.11. The minimum Gasteiger partial charge on any atom is -0.378 e. The maximum Gasteiger partial charge on any atom is 0.292 e. The average Bonchev–Trinajstić information content (AvgIpc) is 2.44. The summed E-state index contributed by atoms with van der Waals surface area (Å²) in [5.74, 6) is -0.289. The van der Waals surface area contributed by atoms with E-state index in [1.165, 1.54) is 18.2 Å². The molecule has 1 amide bonds. The number of nitro benzene ring substituents is 1. The first kappa shape index (κ1) is 17.1. The minimum atomic E-state index is -1.03. The summed E-state index contributed by atoms with van der Waals surface area (Å²) in [6, 6.07) is 4.14. The van der Waals surface area contributed by atoms with E-state index < -0.39 is 15.7 Å². The van der Waals surface area contributed by atoms with Crippen molar-refractivity contribution >= 4 is 28.1 Å². The Morgan fingerprint density at radius 3 is 2.67 bits per heavy atom. The molecule has 7 nitrogen and oxygen atoms in total. The fraction of sp³-hybridized carbons (Fsp3) is 0.462. The van der Waals surface area contributed by atoms with Gasteiger partial charge in [-0.05, 0) is 26.0 Å². The monoisotopic (exact) mass is 313 g/mol. The van der Waals surface area contributed by atoms with Crippen molar-refractivity contribution < 1.29 is 13.9 Å². The lowest BCUT2D eigenvalue weighted by Crippen LogP contribution is -2.24. The van der Waals surface area contributed by atoms with Gasteiger partial charge in [-0.1, -0.05) is 0 Å². The highest BCUT2D eigenvalue weighted by atomic mass is 32.2. The van der Waals surface area contributed by atoms with Gasteiger partial charge in [0.2, 0.25) is 0 Å². The molecule has 0 aliphatic carbocycles. The van der Waals surface area contributed by atoms with Gasteiger partial charge in [-0.3, -0.25) is 19.1 Å². The lowest BCUT2D eigenvalue weighted by Gasteiger charge is -2.12. The van der Waals surface area contributed by atoms with Gasteiger partial charge in [0.15, 0.2) is 0 Å². The van der Waals surface area contributed by atoms with Gasteiger partial charge in [0.05, 0.1) is 4.92 Å². The highest BCUT2D eigenvalue weighted by Crippen LogP contribution is 2.25. The van der Waals surface area contributed by atoms with E-state index in [1.807, 2.05) is 0 Å². The van der Waals surface area contributed by atoms with Gasteiger partial charge >= 0.3 is 0 Å². The number of amides is 1. The number of nitrogens with one attached hydrogen (secondary N) is 2. The highest BCUT2D eigenvalue weighted by Gasteiger charge is 2.17. The zero-order chi connectivity index (χ0) is 16.0. The molecule has 0 saturated heterocycles. The molecule has 2 N–H and O–H groups in total. The Bertz CT molecular complexity index is 562. The standard InChI is InChI=1S/C13H19N3O4S/c1-4-14-13(17)10-5-6-12(16(18)19)11(7-10)15-8-9(2)21(3)20/h5-7,9,15H,4,8H2,1-3H3,(H,14,17). The van der Waals surface area contributed by atoms with Crippen LogP contribution in [0.25, 0.3) is 0 Å². The van der Waals surface area contributed by atoms with Crippen LogP contribution in [0.1, 0.15) is 24.2 Å². The maximum absolute atomic E-state index is 11.8. The van der Waals surface area contributed by atoms with Crippen LogP contribution >= 0.6 is 0 Å². The van der Waals surface area contributed by atoms with Gasteiger partial charge in [-0.25, -0.2) is 0 Å². The Labute approximate surface area is 125 Å². The average molecular weight is 313 g/mol. The van der Waals surface area contributed by atoms with Crippen LogP contribution in [-0.4, -0.2) is 39.6 Å². The molecule has 21 heavy (non-hydrogen) atoms. The van der Waals surface area contributed by atoms with Crippen LogP contribution in [0.5, 0.6) is 0 Å². The molecule has 0 aliphatic heterocycles. The van der Waals surface area contributed by atoms with Crippen LogP contribution in [0.15, 0.2) is 18.2 Å². The van der Waals surface area contributed by atoms with Crippen LogP contribution < -0.4 is 10.6 Å². The van der Waals surface area contributed by atoms with Crippen molar-refractivity contribution in [2.24, 2.45) is 0 Å². The molecule has 0 radical (unpaired) electrons. The molecule has 116 valence electrons. The van der Waals surface area contributed by atoms with Crippen LogP contribution in [0, 0.1) is 10.1 Å². The quantitative estimate of drug-likeness (QED) is 0.587. The van der Waals surface area contributed by atoms with Crippen LogP contribution in [-0.2, 0) is 10.8 Å². The third-order valence-corrected chi connectivity index (χ3v) is 4.24. The third kappa shape index (κ3) is 4.82. The van der Waals surface area contributed by atoms with Gasteiger partial charge in [0, 0.05) is 47.0 Å². The van der Waals surface area contributed by atoms with Crippen molar-refractivity contribution in [1.29, 1.82) is 0 Å². The van der Waals surface area contributed by atoms with E-state index in [-0.39, 0.29) is 22.5 Å². The Balaban J connectivity index is 3.01. The lowest BCUT2D eigenvalue weighted by atomic mass is 10.1. The topological polar surface area (TPSA) is 101 Å². The smallest absolute Gasteiger partial charge is 0.292 e. The second-order valence-electron chi connectivity index (χ2n) is 4.54. The van der Waals surface area contributed by atoms with Gasteiger partial charge in [-0.2, -0.15) is 0 Å². The van der Waals surface area contributed by atoms with Crippen molar-refractivity contribution in [3.63, 3.8) is 0 Å². The van der Waals surface area contributed by atoms with E-state index in [0.717, 1.165) is 0 Å². The number of nitro groups is 1. The van der Waals surface area contributed by atoms with Crippen molar-refractivity contribution in [3.05, 3.63) is 33.9 Å². The molecular weight excluding hydrogens is 294 g/mol. The summed E-state index contributed by atoms with van der Waals surface area (Å²) in [6.45, 7) is 4.37. The Kier molecular flexibility index (Phi) is 6.29. The molecule has 1 aromatic rings. The van der Waals surface area contributed by atoms with Crippen molar-refractivity contribution in [2.45, 2.75) is 19.1 Å². The molecule has 0 aliphatic rings. The van der Waals surface area contributed by atoms with Crippen molar-refractivity contribution in [3.8, 4) is 0 Å². The maximum atomic E-state index is 11.8. The number of hydrogen-bond donors (Lipinski definition) is 2. The lowest BCUT2D eigenvalue weighted by molar-refractivity contribution is -0.384. The fourth-order valence-corrected chi connectivity index (χ4v) is 1.93. The molecule has 8 heteroatoms. The minimum absolute atomic E-state index is 0.114. The molecule has 2 atom stereocenters. The normalized spacial score (nSPS) is 13.3. The molecule has 0 heterocycles. The molecule has 2 unspecified atom stereocenters. The fourth-order valence-electron chi connectivity index (χ4n) is 1.61. The van der Waals surface area contributed by atoms with Gasteiger partial charge in [0.1, 0.15) is 5.69 Å². The van der Waals surface area contributed by atoms with E-state index in [9.17, 15) is 19.1 Å². The molecule has 0 fully saturated rings. The van der Waals surface area contributed by atoms with E-state index >= 15 is 0 Å². The number of benzene rings is 1. The Morgan fingerprint density at radius 2 is 2.14 bits per heavy atom. The number of hydrogen-bond acceptors (Lipinski definition) is 5. The molecular formula is C13H19N3O4S. The van der Waals surface area contributed by atoms with E-state index in [2.05, 4.69) is 10.6 Å². The second-order valence-corrected chi connectivity index (χ2v) is 6.34. The van der Waals surface area contributed by atoms with Gasteiger partial charge < -0.3 is 10.6 Å². The first-order valence-electron chi connectivity index (χ1n) is 6.49. The zero-order valence-electron chi connectivity index (χ0n) is 12.2. The second kappa shape index (κ2) is 7.72. The van der Waals surface area contributed by atoms with E-state index in [0.29, 0.717) is 18.7 Å². The summed E-state index contributed by atoms with van der Waals surface area (Å²) < 4.78 is 11.3. The molecule has 0 aromatic heterocycles. The summed E-state index contributed by atoms with van der Waals surface area (Å²) in [5, 5.41) is 16.4. The highest BCUT2D eigenvalue weighted by molar-refractivity contribution is 7.84. The summed E-state index contributed by atoms with van der Waals surface area (Å²) in [6.07, 6.45) is 1.58. The molecule has 0 spiro atoms. The number of nitrogens with zero attached hydrogens (tertiary/aromatic N) is 1.